The average molecular weight is 472 g/mol. The molecule has 2 N–H and O–H groups in total. The third kappa shape index (κ3) is 5.88. The molecule has 0 spiro atoms. The van der Waals surface area contributed by atoms with Gasteiger partial charge in [0, 0.05) is 52.0 Å². The first-order valence-electron chi connectivity index (χ1n) is 12.1. The molecule has 1 saturated heterocycles. The van der Waals surface area contributed by atoms with Gasteiger partial charge in [-0.1, -0.05) is 31.2 Å². The first kappa shape index (κ1) is 25.6. The molecule has 4 amide bonds. The van der Waals surface area contributed by atoms with Crippen LogP contribution in [0, 0.1) is 6.92 Å². The molecule has 0 aliphatic carbocycles. The number of amides is 4. The van der Waals surface area contributed by atoms with E-state index in [9.17, 15) is 14.4 Å². The van der Waals surface area contributed by atoms with Gasteiger partial charge >= 0.3 is 18.0 Å². The lowest BCUT2D eigenvalue weighted by Crippen LogP contribution is -2.49. The Labute approximate surface area is 202 Å². The van der Waals surface area contributed by atoms with Gasteiger partial charge in [-0.05, 0) is 37.8 Å². The molecule has 1 atom stereocenters. The van der Waals surface area contributed by atoms with Crippen LogP contribution in [0.3, 0.4) is 0 Å². The molecule has 34 heavy (non-hydrogen) atoms. The number of carbonyl (C=O) groups excluding carboxylic acids is 3. The normalized spacial score (nSPS) is 19.5. The zero-order valence-electron chi connectivity index (χ0n) is 20.7. The van der Waals surface area contributed by atoms with Gasteiger partial charge in [-0.2, -0.15) is 0 Å². The van der Waals surface area contributed by atoms with E-state index in [1.807, 2.05) is 43.0 Å². The summed E-state index contributed by atoms with van der Waals surface area (Å²) < 4.78 is 5.43. The molecule has 2 aliphatic heterocycles. The summed E-state index contributed by atoms with van der Waals surface area (Å²) in [6.07, 6.45) is 1.71. The fourth-order valence-corrected chi connectivity index (χ4v) is 4.43. The minimum Gasteiger partial charge on any atom is -0.463 e. The zero-order valence-corrected chi connectivity index (χ0v) is 20.7. The highest BCUT2D eigenvalue weighted by atomic mass is 16.5. The van der Waals surface area contributed by atoms with Gasteiger partial charge < -0.3 is 20.3 Å². The zero-order chi connectivity index (χ0) is 24.7. The van der Waals surface area contributed by atoms with Gasteiger partial charge in [-0.15, -0.1) is 0 Å². The van der Waals surface area contributed by atoms with Gasteiger partial charge in [0.05, 0.1) is 18.2 Å². The topological polar surface area (TPSA) is 94.2 Å². The molecule has 9 heteroatoms. The summed E-state index contributed by atoms with van der Waals surface area (Å²) in [6.45, 7) is 9.80. The van der Waals surface area contributed by atoms with Crippen molar-refractivity contribution in [3.8, 4) is 0 Å². The van der Waals surface area contributed by atoms with E-state index in [4.69, 9.17) is 4.74 Å². The number of rotatable bonds is 7. The number of ether oxygens (including phenoxy) is 1. The third-order valence-electron chi connectivity index (χ3n) is 6.35. The van der Waals surface area contributed by atoms with Crippen LogP contribution in [0.15, 0.2) is 35.5 Å². The van der Waals surface area contributed by atoms with Crippen LogP contribution >= 0.6 is 0 Å². The van der Waals surface area contributed by atoms with Crippen molar-refractivity contribution in [3.63, 3.8) is 0 Å². The lowest BCUT2D eigenvalue weighted by Gasteiger charge is -2.37. The Morgan fingerprint density at radius 2 is 1.91 bits per heavy atom. The van der Waals surface area contributed by atoms with Crippen molar-refractivity contribution in [1.82, 2.24) is 25.3 Å². The van der Waals surface area contributed by atoms with E-state index in [0.29, 0.717) is 44.0 Å². The molecule has 186 valence electrons. The molecule has 1 aromatic rings. The second-order valence-electron chi connectivity index (χ2n) is 8.73. The van der Waals surface area contributed by atoms with Crippen molar-refractivity contribution in [1.29, 1.82) is 0 Å². The van der Waals surface area contributed by atoms with Crippen LogP contribution < -0.4 is 10.6 Å². The van der Waals surface area contributed by atoms with E-state index in [1.165, 1.54) is 4.90 Å². The first-order valence-corrected chi connectivity index (χ1v) is 12.1. The molecule has 9 nitrogen and oxygen atoms in total. The Balaban J connectivity index is 1.89. The molecular formula is C25H37N5O4. The summed E-state index contributed by atoms with van der Waals surface area (Å²) in [5.41, 5.74) is 2.96. The number of urea groups is 2. The number of nitrogens with one attached hydrogen (secondary N) is 2. The van der Waals surface area contributed by atoms with E-state index in [2.05, 4.69) is 15.5 Å². The number of esters is 1. The molecule has 0 saturated carbocycles. The summed E-state index contributed by atoms with van der Waals surface area (Å²) in [6, 6.07) is 6.86. The van der Waals surface area contributed by atoms with Crippen molar-refractivity contribution >= 4 is 18.0 Å². The molecule has 2 aliphatic rings. The lowest BCUT2D eigenvalue weighted by molar-refractivity contribution is -0.139. The lowest BCUT2D eigenvalue weighted by atomic mass is 9.91. The highest BCUT2D eigenvalue weighted by Crippen LogP contribution is 2.33. The van der Waals surface area contributed by atoms with Gasteiger partial charge in [0.15, 0.2) is 0 Å². The standard InChI is InChI=1S/C25H37N5O4/c1-5-12-26-24(32)30-14-9-13-29(15-16-30)17-20-21(23(31)34-6-2)22(27-25(33)28(20)4)19-11-8-7-10-18(19)3/h7-8,10-11,22H,5-6,9,12-17H2,1-4H3,(H,26,32)(H,27,33)/t22-/m0/s1. The van der Waals surface area contributed by atoms with Crippen LogP contribution in [0.1, 0.15) is 43.9 Å². The van der Waals surface area contributed by atoms with Crippen molar-refractivity contribution in [3.05, 3.63) is 46.7 Å². The van der Waals surface area contributed by atoms with Crippen molar-refractivity contribution in [2.45, 2.75) is 39.7 Å². The molecule has 0 aromatic heterocycles. The highest BCUT2D eigenvalue weighted by Gasteiger charge is 2.38. The maximum atomic E-state index is 13.2. The van der Waals surface area contributed by atoms with Crippen LogP contribution in [-0.2, 0) is 9.53 Å². The molecule has 1 aromatic carbocycles. The van der Waals surface area contributed by atoms with Crippen molar-refractivity contribution < 1.29 is 19.1 Å². The number of carbonyl (C=O) groups is 3. The van der Waals surface area contributed by atoms with Gasteiger partial charge in [0.2, 0.25) is 0 Å². The minimum absolute atomic E-state index is 0.0380. The summed E-state index contributed by atoms with van der Waals surface area (Å²) in [7, 11) is 1.68. The van der Waals surface area contributed by atoms with Crippen LogP contribution in [0.4, 0.5) is 9.59 Å². The minimum atomic E-state index is -0.581. The second kappa shape index (κ2) is 11.9. The Bertz CT molecular complexity index is 932. The van der Waals surface area contributed by atoms with Gasteiger partial charge in [0.25, 0.3) is 0 Å². The Hall–Kier alpha value is -3.07. The van der Waals surface area contributed by atoms with E-state index >= 15 is 0 Å². The monoisotopic (exact) mass is 471 g/mol. The average Bonchev–Trinajstić information content (AvgIpc) is 3.06. The summed E-state index contributed by atoms with van der Waals surface area (Å²) in [4.78, 5) is 44.1. The van der Waals surface area contributed by atoms with Gasteiger partial charge in [-0.25, -0.2) is 14.4 Å². The second-order valence-corrected chi connectivity index (χ2v) is 8.73. The van der Waals surface area contributed by atoms with Gasteiger partial charge in [-0.3, -0.25) is 9.80 Å². The molecule has 1 fully saturated rings. The van der Waals surface area contributed by atoms with Gasteiger partial charge in [0.1, 0.15) is 0 Å². The predicted octanol–water partition coefficient (Wildman–Crippen LogP) is 2.64. The number of hydrogen-bond acceptors (Lipinski definition) is 5. The highest BCUT2D eigenvalue weighted by molar-refractivity contribution is 5.95. The maximum absolute atomic E-state index is 13.2. The number of aryl methyl sites for hydroxylation is 1. The van der Waals surface area contributed by atoms with E-state index in [0.717, 1.165) is 30.5 Å². The molecule has 0 bridgehead atoms. The van der Waals surface area contributed by atoms with Crippen LogP contribution in [0.25, 0.3) is 0 Å². The van der Waals surface area contributed by atoms with E-state index < -0.39 is 12.0 Å². The smallest absolute Gasteiger partial charge is 0.338 e. The number of benzene rings is 1. The Morgan fingerprint density at radius 3 is 2.62 bits per heavy atom. The van der Waals surface area contributed by atoms with E-state index in [-0.39, 0.29) is 18.7 Å². The predicted molar refractivity (Wildman–Crippen MR) is 130 cm³/mol. The number of likely N-dealkylation sites (N-methyl/N-ethyl adjacent to an activating group) is 1. The number of hydrogen-bond donors (Lipinski definition) is 2. The number of nitrogens with zero attached hydrogens (tertiary/aromatic N) is 3. The summed E-state index contributed by atoms with van der Waals surface area (Å²) in [5.74, 6) is -0.423. The fraction of sp³-hybridized carbons (Fsp3) is 0.560. The Morgan fingerprint density at radius 1 is 1.15 bits per heavy atom. The quantitative estimate of drug-likeness (QED) is 0.597. The molecule has 0 radical (unpaired) electrons. The largest absolute Gasteiger partial charge is 0.463 e. The van der Waals surface area contributed by atoms with Crippen LogP contribution in [0.5, 0.6) is 0 Å². The fourth-order valence-electron chi connectivity index (χ4n) is 4.43. The van der Waals surface area contributed by atoms with Crippen LogP contribution in [0.2, 0.25) is 0 Å². The third-order valence-corrected chi connectivity index (χ3v) is 6.35. The maximum Gasteiger partial charge on any atom is 0.338 e. The van der Waals surface area contributed by atoms with Crippen LogP contribution in [-0.4, -0.2) is 85.7 Å². The summed E-state index contributed by atoms with van der Waals surface area (Å²) >= 11 is 0. The molecular weight excluding hydrogens is 434 g/mol. The van der Waals surface area contributed by atoms with Crippen molar-refractivity contribution in [2.75, 3.05) is 52.9 Å². The van der Waals surface area contributed by atoms with Crippen molar-refractivity contribution in [2.24, 2.45) is 0 Å². The SMILES string of the molecule is CCCNC(=O)N1CCCN(CC2=C(C(=O)OCC)[C@H](c3ccccc3C)NC(=O)N2C)CC1. The Kier molecular flexibility index (Phi) is 8.92. The first-order chi connectivity index (χ1) is 16.4. The molecule has 0 unspecified atom stereocenters. The molecule has 3 rings (SSSR count). The summed E-state index contributed by atoms with van der Waals surface area (Å²) in [5, 5.41) is 5.92. The van der Waals surface area contributed by atoms with E-state index in [1.54, 1.807) is 14.0 Å². The molecule has 2 heterocycles.